The number of hydrogen-bond acceptors (Lipinski definition) is 5. The van der Waals surface area contributed by atoms with Crippen molar-refractivity contribution in [2.45, 2.75) is 30.9 Å². The van der Waals surface area contributed by atoms with Gasteiger partial charge in [0.05, 0.1) is 12.5 Å². The number of allylic oxidation sites excluding steroid dienone is 1. The quantitative estimate of drug-likeness (QED) is 0.832. The Morgan fingerprint density at radius 2 is 2.35 bits per heavy atom. The molecule has 4 rings (SSSR count). The number of methoxy groups -OCH3 is 1. The second kappa shape index (κ2) is 4.75. The number of phenols is 1. The molecule has 1 amide bonds. The van der Waals surface area contributed by atoms with Crippen molar-refractivity contribution in [2.75, 3.05) is 13.7 Å². The number of hydrogen-bond donors (Lipinski definition) is 1. The number of ketones is 1. The summed E-state index contributed by atoms with van der Waals surface area (Å²) in [6.45, 7) is 0.974. The molecule has 0 bridgehead atoms. The number of amides is 1. The topological polar surface area (TPSA) is 76.1 Å². The highest BCUT2D eigenvalue weighted by atomic mass is 16.5. The predicted molar refractivity (Wildman–Crippen MR) is 80.6 cm³/mol. The molecule has 1 spiro atoms. The lowest BCUT2D eigenvalue weighted by Crippen LogP contribution is -2.41. The first kappa shape index (κ1) is 14.1. The van der Waals surface area contributed by atoms with Crippen LogP contribution in [0.15, 0.2) is 18.2 Å². The second-order valence-electron chi connectivity index (χ2n) is 6.27. The van der Waals surface area contributed by atoms with Crippen LogP contribution in [0, 0.1) is 0 Å². The molecule has 2 unspecified atom stereocenters. The standard InChI is InChI=1S/C17H17NO5/c1-22-15-12(21)6-10-8-18(9-19)5-4-17-3-2-11(20)7-13(17)23-16(15)14(10)17/h2-3,6,9,13,21H,4-5,7-8H2,1H3. The molecule has 2 aliphatic heterocycles. The molecule has 6 heteroatoms. The smallest absolute Gasteiger partial charge is 0.210 e. The van der Waals surface area contributed by atoms with Gasteiger partial charge in [-0.1, -0.05) is 6.08 Å². The van der Waals surface area contributed by atoms with Gasteiger partial charge in [0.25, 0.3) is 0 Å². The maximum Gasteiger partial charge on any atom is 0.210 e. The van der Waals surface area contributed by atoms with Crippen molar-refractivity contribution in [2.24, 2.45) is 0 Å². The van der Waals surface area contributed by atoms with Gasteiger partial charge in [-0.25, -0.2) is 0 Å². The largest absolute Gasteiger partial charge is 0.504 e. The third-order valence-electron chi connectivity index (χ3n) is 5.09. The molecule has 120 valence electrons. The van der Waals surface area contributed by atoms with Crippen LogP contribution in [-0.2, 0) is 21.5 Å². The molecule has 0 radical (unpaired) electrons. The fourth-order valence-corrected chi connectivity index (χ4v) is 4.02. The number of ether oxygens (including phenoxy) is 2. The van der Waals surface area contributed by atoms with E-state index in [1.54, 1.807) is 17.0 Å². The summed E-state index contributed by atoms with van der Waals surface area (Å²) >= 11 is 0. The maximum absolute atomic E-state index is 11.8. The molecule has 1 N–H and O–H groups in total. The molecule has 0 saturated carbocycles. The first-order chi connectivity index (χ1) is 11.1. The van der Waals surface area contributed by atoms with Crippen molar-refractivity contribution in [1.82, 2.24) is 4.90 Å². The Morgan fingerprint density at radius 1 is 1.52 bits per heavy atom. The first-order valence-electron chi connectivity index (χ1n) is 7.60. The van der Waals surface area contributed by atoms with Gasteiger partial charge in [-0.3, -0.25) is 9.59 Å². The monoisotopic (exact) mass is 315 g/mol. The number of rotatable bonds is 2. The first-order valence-corrected chi connectivity index (χ1v) is 7.60. The van der Waals surface area contributed by atoms with Crippen LogP contribution in [0.1, 0.15) is 24.0 Å². The minimum atomic E-state index is -0.447. The summed E-state index contributed by atoms with van der Waals surface area (Å²) in [7, 11) is 1.48. The number of phenolic OH excluding ortho intramolecular Hbond substituents is 1. The van der Waals surface area contributed by atoms with Gasteiger partial charge in [-0.05, 0) is 24.1 Å². The zero-order valence-electron chi connectivity index (χ0n) is 12.7. The number of benzene rings is 1. The van der Waals surface area contributed by atoms with Gasteiger partial charge in [0, 0.05) is 25.1 Å². The zero-order valence-corrected chi connectivity index (χ0v) is 12.7. The minimum absolute atomic E-state index is 0.0156. The Labute approximate surface area is 133 Å². The van der Waals surface area contributed by atoms with Gasteiger partial charge >= 0.3 is 0 Å². The highest BCUT2D eigenvalue weighted by Crippen LogP contribution is 2.57. The predicted octanol–water partition coefficient (Wildman–Crippen LogP) is 1.29. The van der Waals surface area contributed by atoms with Crippen LogP contribution in [0.3, 0.4) is 0 Å². The molecular formula is C17H17NO5. The van der Waals surface area contributed by atoms with Crippen LogP contribution >= 0.6 is 0 Å². The van der Waals surface area contributed by atoms with Crippen molar-refractivity contribution < 1.29 is 24.2 Å². The van der Waals surface area contributed by atoms with Crippen molar-refractivity contribution >= 4 is 12.2 Å². The zero-order chi connectivity index (χ0) is 16.2. The lowest BCUT2D eigenvalue weighted by molar-refractivity contribution is -0.119. The third kappa shape index (κ3) is 1.81. The van der Waals surface area contributed by atoms with Crippen LogP contribution in [0.5, 0.6) is 17.2 Å². The summed E-state index contributed by atoms with van der Waals surface area (Å²) in [4.78, 5) is 24.8. The normalized spacial score (nSPS) is 27.8. The van der Waals surface area contributed by atoms with Gasteiger partial charge in [0.1, 0.15) is 6.10 Å². The van der Waals surface area contributed by atoms with Crippen LogP contribution in [0.2, 0.25) is 0 Å². The Kier molecular flexibility index (Phi) is 2.91. The second-order valence-corrected chi connectivity index (χ2v) is 6.27. The van der Waals surface area contributed by atoms with Gasteiger partial charge < -0.3 is 19.5 Å². The van der Waals surface area contributed by atoms with Crippen LogP contribution in [-0.4, -0.2) is 42.0 Å². The molecule has 0 aromatic heterocycles. The number of carbonyl (C=O) groups excluding carboxylic acids is 2. The Bertz CT molecular complexity index is 741. The number of nitrogens with zero attached hydrogens (tertiary/aromatic N) is 1. The van der Waals surface area contributed by atoms with Crippen LogP contribution in [0.4, 0.5) is 0 Å². The molecule has 1 aromatic carbocycles. The molecule has 1 aliphatic carbocycles. The van der Waals surface area contributed by atoms with Gasteiger partial charge in [0.15, 0.2) is 17.3 Å². The third-order valence-corrected chi connectivity index (χ3v) is 5.09. The summed E-state index contributed by atoms with van der Waals surface area (Å²) in [6, 6.07) is 1.64. The van der Waals surface area contributed by atoms with Gasteiger partial charge in [-0.15, -0.1) is 0 Å². The highest BCUT2D eigenvalue weighted by molar-refractivity contribution is 5.92. The molecule has 6 nitrogen and oxygen atoms in total. The number of aromatic hydroxyl groups is 1. The van der Waals surface area contributed by atoms with Crippen LogP contribution < -0.4 is 9.47 Å². The molecule has 2 heterocycles. The maximum atomic E-state index is 11.8. The van der Waals surface area contributed by atoms with Crippen molar-refractivity contribution in [3.63, 3.8) is 0 Å². The van der Waals surface area contributed by atoms with E-state index in [2.05, 4.69) is 0 Å². The lowest BCUT2D eigenvalue weighted by atomic mass is 9.69. The van der Waals surface area contributed by atoms with E-state index < -0.39 is 5.41 Å². The van der Waals surface area contributed by atoms with E-state index in [1.165, 1.54) is 7.11 Å². The summed E-state index contributed by atoms with van der Waals surface area (Å²) < 4.78 is 11.4. The van der Waals surface area contributed by atoms with E-state index in [1.807, 2.05) is 6.08 Å². The van der Waals surface area contributed by atoms with Gasteiger partial charge in [-0.2, -0.15) is 0 Å². The molecule has 1 aromatic rings. The van der Waals surface area contributed by atoms with E-state index in [4.69, 9.17) is 9.47 Å². The van der Waals surface area contributed by atoms with E-state index in [-0.39, 0.29) is 29.8 Å². The summed E-state index contributed by atoms with van der Waals surface area (Å²) in [5, 5.41) is 10.2. The highest BCUT2D eigenvalue weighted by Gasteiger charge is 2.53. The molecule has 0 saturated heterocycles. The lowest BCUT2D eigenvalue weighted by Gasteiger charge is -2.33. The Balaban J connectivity index is 1.99. The Morgan fingerprint density at radius 3 is 3.09 bits per heavy atom. The molecule has 2 atom stereocenters. The SMILES string of the molecule is COc1c(O)cc2c3c1OC1CC(=O)C=CC31CCN(C=O)C2. The van der Waals surface area contributed by atoms with E-state index in [0.29, 0.717) is 25.3 Å². The van der Waals surface area contributed by atoms with Crippen molar-refractivity contribution in [3.8, 4) is 17.2 Å². The molecule has 0 fully saturated rings. The average Bonchev–Trinajstić information content (AvgIpc) is 2.76. The molecular weight excluding hydrogens is 298 g/mol. The molecule has 23 heavy (non-hydrogen) atoms. The van der Waals surface area contributed by atoms with E-state index >= 15 is 0 Å². The van der Waals surface area contributed by atoms with Crippen molar-refractivity contribution in [3.05, 3.63) is 29.3 Å². The van der Waals surface area contributed by atoms with E-state index in [0.717, 1.165) is 17.5 Å². The van der Waals surface area contributed by atoms with Gasteiger partial charge in [0.2, 0.25) is 12.2 Å². The fraction of sp³-hybridized carbons (Fsp3) is 0.412. The Hall–Kier alpha value is -2.50. The fourth-order valence-electron chi connectivity index (χ4n) is 4.02. The number of carbonyl (C=O) groups is 2. The van der Waals surface area contributed by atoms with Crippen molar-refractivity contribution in [1.29, 1.82) is 0 Å². The van der Waals surface area contributed by atoms with E-state index in [9.17, 15) is 14.7 Å². The minimum Gasteiger partial charge on any atom is -0.504 e. The summed E-state index contributed by atoms with van der Waals surface area (Å²) in [5.41, 5.74) is 1.33. The average molecular weight is 315 g/mol. The summed E-state index contributed by atoms with van der Waals surface area (Å²) in [5.74, 6) is 0.797. The van der Waals surface area contributed by atoms with Crippen LogP contribution in [0.25, 0.3) is 0 Å². The molecule has 3 aliphatic rings. The summed E-state index contributed by atoms with van der Waals surface area (Å²) in [6.07, 6.45) is 4.97.